The molecule has 0 unspecified atom stereocenters. The van der Waals surface area contributed by atoms with Crippen molar-refractivity contribution >= 4 is 15.7 Å². The molecule has 3 rings (SSSR count). The fourth-order valence-electron chi connectivity index (χ4n) is 2.52. The van der Waals surface area contributed by atoms with Crippen LogP contribution in [0.1, 0.15) is 16.7 Å². The Hall–Kier alpha value is -2.66. The zero-order valence-corrected chi connectivity index (χ0v) is 15.1. The van der Waals surface area contributed by atoms with Crippen molar-refractivity contribution < 1.29 is 8.42 Å². The van der Waals surface area contributed by atoms with Gasteiger partial charge >= 0.3 is 0 Å². The van der Waals surface area contributed by atoms with Gasteiger partial charge in [-0.3, -0.25) is 9.29 Å². The highest BCUT2D eigenvalue weighted by Gasteiger charge is 2.25. The van der Waals surface area contributed by atoms with Crippen LogP contribution < -0.4 is 4.31 Å². The molecule has 0 spiro atoms. The summed E-state index contributed by atoms with van der Waals surface area (Å²) in [7, 11) is -3.68. The van der Waals surface area contributed by atoms with Gasteiger partial charge < -0.3 is 0 Å². The Morgan fingerprint density at radius 1 is 0.880 bits per heavy atom. The van der Waals surface area contributed by atoms with Gasteiger partial charge in [0.1, 0.15) is 0 Å². The molecule has 25 heavy (non-hydrogen) atoms. The smallest absolute Gasteiger partial charge is 0.264 e. The molecule has 0 saturated heterocycles. The maximum absolute atomic E-state index is 13.2. The largest absolute Gasteiger partial charge is 0.264 e. The topological polar surface area (TPSA) is 50.3 Å². The summed E-state index contributed by atoms with van der Waals surface area (Å²) in [5, 5.41) is 0. The molecular formula is C20H20N2O2S. The van der Waals surface area contributed by atoms with E-state index in [1.54, 1.807) is 30.6 Å². The molecule has 5 heteroatoms. The summed E-state index contributed by atoms with van der Waals surface area (Å²) in [6.07, 6.45) is 3.36. The third kappa shape index (κ3) is 3.88. The molecule has 0 radical (unpaired) electrons. The SMILES string of the molecule is Cc1ccc(N(Cc2cccnc2)S(=O)(=O)c2ccc(C)cc2)cc1. The van der Waals surface area contributed by atoms with E-state index in [2.05, 4.69) is 4.98 Å². The van der Waals surface area contributed by atoms with Crippen LogP contribution in [0.3, 0.4) is 0 Å². The Balaban J connectivity index is 2.06. The lowest BCUT2D eigenvalue weighted by Crippen LogP contribution is -2.30. The van der Waals surface area contributed by atoms with Crippen molar-refractivity contribution in [3.8, 4) is 0 Å². The molecule has 1 aromatic heterocycles. The lowest BCUT2D eigenvalue weighted by atomic mass is 10.2. The number of hydrogen-bond donors (Lipinski definition) is 0. The van der Waals surface area contributed by atoms with Gasteiger partial charge in [-0.15, -0.1) is 0 Å². The first-order chi connectivity index (χ1) is 12.0. The number of benzene rings is 2. The Morgan fingerprint density at radius 2 is 1.48 bits per heavy atom. The van der Waals surface area contributed by atoms with E-state index in [9.17, 15) is 8.42 Å². The van der Waals surface area contributed by atoms with E-state index >= 15 is 0 Å². The standard InChI is InChI=1S/C20H20N2O2S/c1-16-5-9-19(10-6-16)22(15-18-4-3-13-21-14-18)25(23,24)20-11-7-17(2)8-12-20/h3-14H,15H2,1-2H3. The fraction of sp³-hybridized carbons (Fsp3) is 0.150. The van der Waals surface area contributed by atoms with E-state index < -0.39 is 10.0 Å². The number of sulfonamides is 1. The van der Waals surface area contributed by atoms with E-state index in [1.165, 1.54) is 4.31 Å². The lowest BCUT2D eigenvalue weighted by Gasteiger charge is -2.25. The zero-order valence-electron chi connectivity index (χ0n) is 14.3. The molecule has 0 amide bonds. The molecule has 0 fully saturated rings. The van der Waals surface area contributed by atoms with Gasteiger partial charge in [-0.25, -0.2) is 8.42 Å². The molecule has 2 aromatic carbocycles. The Kier molecular flexibility index (Phi) is 4.86. The van der Waals surface area contributed by atoms with E-state index in [-0.39, 0.29) is 11.4 Å². The maximum atomic E-state index is 13.2. The molecular weight excluding hydrogens is 332 g/mol. The summed E-state index contributed by atoms with van der Waals surface area (Å²) in [6, 6.07) is 18.1. The maximum Gasteiger partial charge on any atom is 0.264 e. The predicted molar refractivity (Wildman–Crippen MR) is 100.0 cm³/mol. The van der Waals surface area contributed by atoms with Crippen LogP contribution in [0, 0.1) is 13.8 Å². The van der Waals surface area contributed by atoms with Gasteiger partial charge in [0, 0.05) is 12.4 Å². The Labute approximate surface area is 148 Å². The van der Waals surface area contributed by atoms with Gasteiger partial charge in [0.2, 0.25) is 0 Å². The molecule has 0 aliphatic carbocycles. The van der Waals surface area contributed by atoms with Crippen molar-refractivity contribution in [2.75, 3.05) is 4.31 Å². The first-order valence-corrected chi connectivity index (χ1v) is 9.46. The normalized spacial score (nSPS) is 11.3. The van der Waals surface area contributed by atoms with Gasteiger partial charge in [-0.2, -0.15) is 0 Å². The number of aromatic nitrogens is 1. The highest BCUT2D eigenvalue weighted by Crippen LogP contribution is 2.26. The van der Waals surface area contributed by atoms with E-state index in [1.807, 2.05) is 56.3 Å². The number of rotatable bonds is 5. The van der Waals surface area contributed by atoms with Gasteiger partial charge in [0.05, 0.1) is 17.1 Å². The van der Waals surface area contributed by atoms with E-state index in [4.69, 9.17) is 0 Å². The number of hydrogen-bond acceptors (Lipinski definition) is 3. The molecule has 0 saturated carbocycles. The molecule has 0 aliphatic heterocycles. The third-order valence-electron chi connectivity index (χ3n) is 3.98. The quantitative estimate of drug-likeness (QED) is 0.695. The second-order valence-electron chi connectivity index (χ2n) is 6.02. The van der Waals surface area contributed by atoms with Crippen LogP contribution in [0.4, 0.5) is 5.69 Å². The first kappa shape index (κ1) is 17.2. The monoisotopic (exact) mass is 352 g/mol. The Morgan fingerprint density at radius 3 is 2.04 bits per heavy atom. The van der Waals surface area contributed by atoms with Gasteiger partial charge in [-0.05, 0) is 49.7 Å². The average Bonchev–Trinajstić information content (AvgIpc) is 2.62. The predicted octanol–water partition coefficient (Wildman–Crippen LogP) is 4.09. The van der Waals surface area contributed by atoms with Crippen molar-refractivity contribution in [3.63, 3.8) is 0 Å². The number of pyridine rings is 1. The summed E-state index contributed by atoms with van der Waals surface area (Å²) in [5.74, 6) is 0. The molecule has 1 heterocycles. The van der Waals surface area contributed by atoms with Crippen molar-refractivity contribution in [2.24, 2.45) is 0 Å². The van der Waals surface area contributed by atoms with Crippen LogP contribution in [0.2, 0.25) is 0 Å². The number of nitrogens with zero attached hydrogens (tertiary/aromatic N) is 2. The minimum absolute atomic E-state index is 0.229. The summed E-state index contributed by atoms with van der Waals surface area (Å²) < 4.78 is 27.9. The Bertz CT molecular complexity index is 935. The minimum Gasteiger partial charge on any atom is -0.264 e. The molecule has 3 aromatic rings. The van der Waals surface area contributed by atoms with Crippen LogP contribution in [-0.4, -0.2) is 13.4 Å². The van der Waals surface area contributed by atoms with Crippen LogP contribution >= 0.6 is 0 Å². The summed E-state index contributed by atoms with van der Waals surface area (Å²) in [6.45, 7) is 4.14. The molecule has 4 nitrogen and oxygen atoms in total. The third-order valence-corrected chi connectivity index (χ3v) is 5.77. The zero-order chi connectivity index (χ0) is 17.9. The number of aryl methyl sites for hydroxylation is 2. The molecule has 0 N–H and O–H groups in total. The minimum atomic E-state index is -3.68. The fourth-order valence-corrected chi connectivity index (χ4v) is 3.97. The summed E-state index contributed by atoms with van der Waals surface area (Å²) >= 11 is 0. The van der Waals surface area contributed by atoms with Crippen LogP contribution in [0.25, 0.3) is 0 Å². The van der Waals surface area contributed by atoms with Crippen molar-refractivity contribution in [1.82, 2.24) is 4.98 Å². The highest BCUT2D eigenvalue weighted by atomic mass is 32.2. The first-order valence-electron chi connectivity index (χ1n) is 8.02. The number of anilines is 1. The van der Waals surface area contributed by atoms with Crippen molar-refractivity contribution in [3.05, 3.63) is 89.7 Å². The summed E-state index contributed by atoms with van der Waals surface area (Å²) in [4.78, 5) is 4.37. The molecule has 0 atom stereocenters. The van der Waals surface area contributed by atoms with Crippen LogP contribution in [0.5, 0.6) is 0 Å². The van der Waals surface area contributed by atoms with Crippen molar-refractivity contribution in [2.45, 2.75) is 25.3 Å². The van der Waals surface area contributed by atoms with Gasteiger partial charge in [-0.1, -0.05) is 41.5 Å². The van der Waals surface area contributed by atoms with Crippen LogP contribution in [0.15, 0.2) is 78.0 Å². The lowest BCUT2D eigenvalue weighted by molar-refractivity contribution is 0.590. The second kappa shape index (κ2) is 7.07. The molecule has 128 valence electrons. The second-order valence-corrected chi connectivity index (χ2v) is 7.88. The van der Waals surface area contributed by atoms with Crippen molar-refractivity contribution in [1.29, 1.82) is 0 Å². The van der Waals surface area contributed by atoms with E-state index in [0.29, 0.717) is 5.69 Å². The van der Waals surface area contributed by atoms with Crippen LogP contribution in [-0.2, 0) is 16.6 Å². The highest BCUT2D eigenvalue weighted by molar-refractivity contribution is 7.92. The van der Waals surface area contributed by atoms with Gasteiger partial charge in [0.15, 0.2) is 0 Å². The molecule has 0 aliphatic rings. The van der Waals surface area contributed by atoms with E-state index in [0.717, 1.165) is 16.7 Å². The summed E-state index contributed by atoms with van der Waals surface area (Å²) in [5.41, 5.74) is 3.57. The average molecular weight is 352 g/mol. The van der Waals surface area contributed by atoms with Gasteiger partial charge in [0.25, 0.3) is 10.0 Å². The molecule has 0 bridgehead atoms.